The molecule has 0 saturated carbocycles. The van der Waals surface area contributed by atoms with Crippen LogP contribution in [-0.4, -0.2) is 40.7 Å². The molecule has 0 atom stereocenters. The monoisotopic (exact) mass is 334 g/mol. The minimum Gasteiger partial charge on any atom is -0.478 e. The fourth-order valence-corrected chi connectivity index (χ4v) is 1.15. The average Bonchev–Trinajstić information content (AvgIpc) is 3.00. The number of hydrogen-bond acceptors (Lipinski definition) is 7. The van der Waals surface area contributed by atoms with Gasteiger partial charge in [-0.1, -0.05) is 5.16 Å². The summed E-state index contributed by atoms with van der Waals surface area (Å²) in [6.07, 6.45) is -3.70. The standard InChI is InChI=1S/C8H5F3O3.C4H4N2O3/c9-8(10,11)14-6-3-1-5(2-4-6)7(12)13;1-8-4(7)3-5-2-9-6-3/h1-4H,(H,12,13);2H,1H3. The Bertz CT molecular complexity index is 640. The lowest BCUT2D eigenvalue weighted by molar-refractivity contribution is -0.274. The van der Waals surface area contributed by atoms with Gasteiger partial charge in [0.15, 0.2) is 0 Å². The number of nitrogens with zero attached hydrogens (tertiary/aromatic N) is 2. The summed E-state index contributed by atoms with van der Waals surface area (Å²) in [5.41, 5.74) is -0.0977. The summed E-state index contributed by atoms with van der Waals surface area (Å²) in [5, 5.41) is 11.7. The van der Waals surface area contributed by atoms with Gasteiger partial charge < -0.3 is 19.1 Å². The van der Waals surface area contributed by atoms with Gasteiger partial charge in [0, 0.05) is 0 Å². The van der Waals surface area contributed by atoms with Crippen LogP contribution in [-0.2, 0) is 4.74 Å². The molecule has 2 rings (SSSR count). The number of hydrogen-bond donors (Lipinski definition) is 1. The Hall–Kier alpha value is -3.11. The number of aromatic nitrogens is 2. The molecule has 0 saturated heterocycles. The van der Waals surface area contributed by atoms with Crippen molar-refractivity contribution >= 4 is 11.9 Å². The predicted octanol–water partition coefficient (Wildman–Crippen LogP) is 2.14. The quantitative estimate of drug-likeness (QED) is 0.850. The molecule has 0 radical (unpaired) electrons. The van der Waals surface area contributed by atoms with Crippen molar-refractivity contribution in [3.63, 3.8) is 0 Å². The summed E-state index contributed by atoms with van der Waals surface area (Å²) in [6.45, 7) is 0. The molecule has 0 aliphatic heterocycles. The van der Waals surface area contributed by atoms with Crippen LogP contribution in [0.5, 0.6) is 5.75 Å². The van der Waals surface area contributed by atoms with Crippen LogP contribution >= 0.6 is 0 Å². The zero-order chi connectivity index (χ0) is 17.5. The maximum atomic E-state index is 11.7. The van der Waals surface area contributed by atoms with Gasteiger partial charge in [-0.3, -0.25) is 0 Å². The Morgan fingerprint density at radius 3 is 2.22 bits per heavy atom. The van der Waals surface area contributed by atoms with Gasteiger partial charge in [-0.25, -0.2) is 9.59 Å². The van der Waals surface area contributed by atoms with Crippen LogP contribution in [0.2, 0.25) is 0 Å². The highest BCUT2D eigenvalue weighted by molar-refractivity contribution is 5.87. The van der Waals surface area contributed by atoms with E-state index in [-0.39, 0.29) is 11.4 Å². The van der Waals surface area contributed by atoms with E-state index in [1.165, 1.54) is 7.11 Å². The van der Waals surface area contributed by atoms with E-state index >= 15 is 0 Å². The highest BCUT2D eigenvalue weighted by Gasteiger charge is 2.31. The lowest BCUT2D eigenvalue weighted by Crippen LogP contribution is -2.17. The van der Waals surface area contributed by atoms with Gasteiger partial charge in [0.1, 0.15) is 5.75 Å². The van der Waals surface area contributed by atoms with Crippen LogP contribution in [0.4, 0.5) is 13.2 Å². The molecule has 1 N–H and O–H groups in total. The average molecular weight is 334 g/mol. The molecule has 11 heteroatoms. The number of benzene rings is 1. The van der Waals surface area contributed by atoms with E-state index in [0.717, 1.165) is 30.7 Å². The maximum absolute atomic E-state index is 11.7. The van der Waals surface area contributed by atoms with Crippen LogP contribution < -0.4 is 4.74 Å². The molecule has 0 spiro atoms. The highest BCUT2D eigenvalue weighted by Crippen LogP contribution is 2.22. The van der Waals surface area contributed by atoms with Crippen LogP contribution in [0.1, 0.15) is 21.0 Å². The number of methoxy groups -OCH3 is 1. The van der Waals surface area contributed by atoms with Crippen molar-refractivity contribution in [3.8, 4) is 5.75 Å². The summed E-state index contributed by atoms with van der Waals surface area (Å²) in [6, 6.07) is 3.95. The largest absolute Gasteiger partial charge is 0.573 e. The Kier molecular flexibility index (Phi) is 6.06. The van der Waals surface area contributed by atoms with Gasteiger partial charge in [-0.2, -0.15) is 4.98 Å². The van der Waals surface area contributed by atoms with Crippen LogP contribution in [0.25, 0.3) is 0 Å². The third-order valence-corrected chi connectivity index (χ3v) is 2.06. The predicted molar refractivity (Wildman–Crippen MR) is 65.7 cm³/mol. The topological polar surface area (TPSA) is 112 Å². The molecule has 0 aliphatic rings. The van der Waals surface area contributed by atoms with Crippen molar-refractivity contribution in [3.05, 3.63) is 42.0 Å². The molecular formula is C12H9F3N2O6. The number of aromatic carboxylic acids is 1. The first-order valence-electron chi connectivity index (χ1n) is 5.66. The second-order valence-electron chi connectivity index (χ2n) is 3.62. The molecule has 8 nitrogen and oxygen atoms in total. The van der Waals surface area contributed by atoms with Crippen molar-refractivity contribution in [1.82, 2.24) is 10.1 Å². The van der Waals surface area contributed by atoms with E-state index in [9.17, 15) is 22.8 Å². The third-order valence-electron chi connectivity index (χ3n) is 2.06. The molecule has 0 aliphatic carbocycles. The third kappa shape index (κ3) is 6.46. The number of carbonyl (C=O) groups is 2. The molecule has 0 unspecified atom stereocenters. The Balaban J connectivity index is 0.000000253. The molecule has 23 heavy (non-hydrogen) atoms. The zero-order valence-corrected chi connectivity index (χ0v) is 11.4. The molecule has 1 aromatic carbocycles. The Morgan fingerprint density at radius 1 is 1.22 bits per heavy atom. The van der Waals surface area contributed by atoms with Gasteiger partial charge in [-0.05, 0) is 24.3 Å². The zero-order valence-electron chi connectivity index (χ0n) is 11.4. The first-order valence-corrected chi connectivity index (χ1v) is 5.66. The maximum Gasteiger partial charge on any atom is 0.573 e. The van der Waals surface area contributed by atoms with E-state index in [2.05, 4.69) is 24.1 Å². The second kappa shape index (κ2) is 7.77. The van der Waals surface area contributed by atoms with Crippen molar-refractivity contribution < 1.29 is 41.9 Å². The second-order valence-corrected chi connectivity index (χ2v) is 3.62. The van der Waals surface area contributed by atoms with Crippen molar-refractivity contribution in [1.29, 1.82) is 0 Å². The van der Waals surface area contributed by atoms with Gasteiger partial charge in [-0.15, -0.1) is 13.2 Å². The summed E-state index contributed by atoms with van der Waals surface area (Å²) < 4.78 is 47.1. The first-order chi connectivity index (χ1) is 10.7. The number of carboxylic acid groups (broad SMARTS) is 1. The fraction of sp³-hybridized carbons (Fsp3) is 0.167. The van der Waals surface area contributed by atoms with E-state index in [1.54, 1.807) is 0 Å². The molecule has 1 heterocycles. The van der Waals surface area contributed by atoms with Gasteiger partial charge in [0.05, 0.1) is 12.7 Å². The number of rotatable bonds is 3. The summed E-state index contributed by atoms with van der Waals surface area (Å²) >= 11 is 0. The highest BCUT2D eigenvalue weighted by atomic mass is 19.4. The van der Waals surface area contributed by atoms with E-state index in [0.29, 0.717) is 0 Å². The Labute approximate surface area is 126 Å². The van der Waals surface area contributed by atoms with Crippen LogP contribution in [0.15, 0.2) is 35.2 Å². The minimum absolute atomic E-state index is 0.0579. The van der Waals surface area contributed by atoms with Crippen molar-refractivity contribution in [2.24, 2.45) is 0 Å². The van der Waals surface area contributed by atoms with Crippen molar-refractivity contribution in [2.45, 2.75) is 6.36 Å². The number of alkyl halides is 3. The number of halogens is 3. The Morgan fingerprint density at radius 2 is 1.83 bits per heavy atom. The van der Waals surface area contributed by atoms with Gasteiger partial charge in [0.25, 0.3) is 5.82 Å². The number of esters is 1. The van der Waals surface area contributed by atoms with Crippen LogP contribution in [0.3, 0.4) is 0 Å². The van der Waals surface area contributed by atoms with Gasteiger partial charge >= 0.3 is 18.3 Å². The molecule has 1 aromatic heterocycles. The summed E-state index contributed by atoms with van der Waals surface area (Å²) in [5.74, 6) is -2.30. The molecule has 0 bridgehead atoms. The summed E-state index contributed by atoms with van der Waals surface area (Å²) in [4.78, 5) is 24.2. The number of carbonyl (C=O) groups excluding carboxylic acids is 1. The van der Waals surface area contributed by atoms with E-state index in [1.807, 2.05) is 0 Å². The SMILES string of the molecule is COC(=O)c1ncon1.O=C(O)c1ccc(OC(F)(F)F)cc1. The smallest absolute Gasteiger partial charge is 0.478 e. The lowest BCUT2D eigenvalue weighted by Gasteiger charge is -2.08. The van der Waals surface area contributed by atoms with Gasteiger partial charge in [0.2, 0.25) is 6.39 Å². The van der Waals surface area contributed by atoms with Crippen molar-refractivity contribution in [2.75, 3.05) is 7.11 Å². The molecule has 0 fully saturated rings. The molecule has 124 valence electrons. The van der Waals surface area contributed by atoms with E-state index < -0.39 is 24.1 Å². The number of ether oxygens (including phenoxy) is 2. The fourth-order valence-electron chi connectivity index (χ4n) is 1.15. The lowest BCUT2D eigenvalue weighted by atomic mass is 10.2. The van der Waals surface area contributed by atoms with E-state index in [4.69, 9.17) is 5.11 Å². The molecule has 2 aromatic rings. The first kappa shape index (κ1) is 17.9. The molecule has 0 amide bonds. The summed E-state index contributed by atoms with van der Waals surface area (Å²) in [7, 11) is 1.25. The minimum atomic E-state index is -4.76. The number of carboxylic acids is 1. The molecular weight excluding hydrogens is 325 g/mol. The van der Waals surface area contributed by atoms with Crippen LogP contribution in [0, 0.1) is 0 Å². The normalized spacial score (nSPS) is 10.3.